The van der Waals surface area contributed by atoms with Crippen LogP contribution in [0.1, 0.15) is 63.1 Å². The van der Waals surface area contributed by atoms with Crippen molar-refractivity contribution in [1.82, 2.24) is 4.90 Å². The van der Waals surface area contributed by atoms with E-state index in [0.717, 1.165) is 28.7 Å². The average Bonchev–Trinajstić information content (AvgIpc) is 2.93. The van der Waals surface area contributed by atoms with Crippen LogP contribution < -0.4 is 0 Å². The van der Waals surface area contributed by atoms with E-state index in [2.05, 4.69) is 0 Å². The SMILES string of the molecule is COC(=O)C1CC2CC(c3ccc(CCCO)cc3)=C(C(=O)OCc3ccccc3)C(C1)N2C(=O)OC(C)(C)C. The number of aryl methyl sites for hydroxylation is 1. The van der Waals surface area contributed by atoms with Crippen LogP contribution in [-0.2, 0) is 36.8 Å². The number of aliphatic hydroxyl groups excluding tert-OH is 1. The molecule has 0 saturated carbocycles. The lowest BCUT2D eigenvalue weighted by Crippen LogP contribution is -2.58. The topological polar surface area (TPSA) is 102 Å². The van der Waals surface area contributed by atoms with Crippen LogP contribution in [0.15, 0.2) is 60.2 Å². The molecule has 8 heteroatoms. The Balaban J connectivity index is 1.76. The highest BCUT2D eigenvalue weighted by Gasteiger charge is 2.50. The van der Waals surface area contributed by atoms with Gasteiger partial charge in [0.1, 0.15) is 12.2 Å². The fourth-order valence-corrected chi connectivity index (χ4v) is 5.60. The lowest BCUT2D eigenvalue weighted by molar-refractivity contribution is -0.150. The molecule has 214 valence electrons. The van der Waals surface area contributed by atoms with E-state index < -0.39 is 29.6 Å². The number of piperidine rings is 1. The second-order valence-corrected chi connectivity index (χ2v) is 11.4. The van der Waals surface area contributed by atoms with E-state index in [9.17, 15) is 19.5 Å². The summed E-state index contributed by atoms with van der Waals surface area (Å²) in [6.07, 6.45) is 1.92. The number of carbonyl (C=O) groups is 3. The molecule has 1 saturated heterocycles. The van der Waals surface area contributed by atoms with Crippen LogP contribution in [0.25, 0.3) is 5.57 Å². The predicted octanol–water partition coefficient (Wildman–Crippen LogP) is 5.07. The molecule has 1 N–H and O–H groups in total. The second kappa shape index (κ2) is 12.7. The minimum atomic E-state index is -0.727. The molecule has 1 amide bonds. The minimum Gasteiger partial charge on any atom is -0.469 e. The number of hydrogen-bond acceptors (Lipinski definition) is 7. The summed E-state index contributed by atoms with van der Waals surface area (Å²) in [5.74, 6) is -1.34. The average molecular weight is 550 g/mol. The Morgan fingerprint density at radius 2 is 1.68 bits per heavy atom. The quantitative estimate of drug-likeness (QED) is 0.362. The first kappa shape index (κ1) is 29.3. The Bertz CT molecular complexity index is 1230. The van der Waals surface area contributed by atoms with E-state index in [1.165, 1.54) is 7.11 Å². The second-order valence-electron chi connectivity index (χ2n) is 11.4. The van der Waals surface area contributed by atoms with Crippen molar-refractivity contribution in [2.24, 2.45) is 5.92 Å². The normalized spacial score (nSPS) is 20.6. The lowest BCUT2D eigenvalue weighted by atomic mass is 9.73. The Kier molecular flexibility index (Phi) is 9.30. The van der Waals surface area contributed by atoms with Gasteiger partial charge in [-0.3, -0.25) is 9.69 Å². The van der Waals surface area contributed by atoms with Gasteiger partial charge in [0.25, 0.3) is 0 Å². The number of nitrogens with zero attached hydrogens (tertiary/aromatic N) is 1. The van der Waals surface area contributed by atoms with Crippen molar-refractivity contribution in [3.05, 3.63) is 76.9 Å². The predicted molar refractivity (Wildman–Crippen MR) is 150 cm³/mol. The van der Waals surface area contributed by atoms with Gasteiger partial charge in [0.05, 0.1) is 24.6 Å². The smallest absolute Gasteiger partial charge is 0.411 e. The highest BCUT2D eigenvalue weighted by atomic mass is 16.6. The maximum atomic E-state index is 13.9. The Hall–Kier alpha value is -3.65. The van der Waals surface area contributed by atoms with Crippen molar-refractivity contribution in [2.45, 2.75) is 77.2 Å². The third-order valence-corrected chi connectivity index (χ3v) is 7.39. The van der Waals surface area contributed by atoms with E-state index in [-0.39, 0.29) is 31.6 Å². The van der Waals surface area contributed by atoms with E-state index >= 15 is 0 Å². The summed E-state index contributed by atoms with van der Waals surface area (Å²) < 4.78 is 16.6. The summed E-state index contributed by atoms with van der Waals surface area (Å²) in [5.41, 5.74) is 3.26. The number of amides is 1. The summed E-state index contributed by atoms with van der Waals surface area (Å²) >= 11 is 0. The molecule has 40 heavy (non-hydrogen) atoms. The molecule has 8 nitrogen and oxygen atoms in total. The molecular formula is C32H39NO7. The number of benzene rings is 2. The summed E-state index contributed by atoms with van der Waals surface area (Å²) in [5, 5.41) is 9.19. The molecular weight excluding hydrogens is 510 g/mol. The molecule has 0 aliphatic carbocycles. The van der Waals surface area contributed by atoms with Crippen molar-refractivity contribution >= 4 is 23.6 Å². The molecule has 0 radical (unpaired) electrons. The van der Waals surface area contributed by atoms with Crippen molar-refractivity contribution in [3.63, 3.8) is 0 Å². The zero-order valence-electron chi connectivity index (χ0n) is 23.7. The number of rotatable bonds is 8. The number of esters is 2. The highest BCUT2D eigenvalue weighted by molar-refractivity contribution is 6.01. The maximum Gasteiger partial charge on any atom is 0.411 e. The van der Waals surface area contributed by atoms with Gasteiger partial charge in [-0.2, -0.15) is 0 Å². The number of carbonyl (C=O) groups excluding carboxylic acids is 3. The fourth-order valence-electron chi connectivity index (χ4n) is 5.60. The number of fused-ring (bicyclic) bond motifs is 2. The summed E-state index contributed by atoms with van der Waals surface area (Å²) in [4.78, 5) is 41.6. The minimum absolute atomic E-state index is 0.0829. The Morgan fingerprint density at radius 1 is 0.975 bits per heavy atom. The van der Waals surface area contributed by atoms with E-state index in [0.29, 0.717) is 24.8 Å². The number of hydrogen-bond donors (Lipinski definition) is 1. The number of methoxy groups -OCH3 is 1. The monoisotopic (exact) mass is 549 g/mol. The molecule has 2 bridgehead atoms. The molecule has 2 aliphatic heterocycles. The molecule has 2 aromatic rings. The van der Waals surface area contributed by atoms with Gasteiger partial charge in [-0.1, -0.05) is 54.6 Å². The van der Waals surface area contributed by atoms with Gasteiger partial charge >= 0.3 is 18.0 Å². The summed E-state index contributed by atoms with van der Waals surface area (Å²) in [6.45, 7) is 5.61. The molecule has 0 spiro atoms. The molecule has 2 heterocycles. The van der Waals surface area contributed by atoms with Gasteiger partial charge in [0.15, 0.2) is 0 Å². The first-order valence-electron chi connectivity index (χ1n) is 13.8. The van der Waals surface area contributed by atoms with Crippen molar-refractivity contribution in [1.29, 1.82) is 0 Å². The van der Waals surface area contributed by atoms with Crippen LogP contribution in [0, 0.1) is 5.92 Å². The Morgan fingerprint density at radius 3 is 2.30 bits per heavy atom. The molecule has 1 fully saturated rings. The summed E-state index contributed by atoms with van der Waals surface area (Å²) in [6, 6.07) is 16.3. The van der Waals surface area contributed by atoms with Gasteiger partial charge in [-0.05, 0) is 75.1 Å². The van der Waals surface area contributed by atoms with Gasteiger partial charge in [-0.15, -0.1) is 0 Å². The van der Waals surface area contributed by atoms with Crippen molar-refractivity contribution in [2.75, 3.05) is 13.7 Å². The number of aliphatic hydroxyl groups is 1. The first-order chi connectivity index (χ1) is 19.1. The van der Waals surface area contributed by atoms with E-state index in [4.69, 9.17) is 14.2 Å². The molecule has 3 atom stereocenters. The molecule has 3 unspecified atom stereocenters. The van der Waals surface area contributed by atoms with Crippen molar-refractivity contribution < 1.29 is 33.7 Å². The molecule has 0 aromatic heterocycles. The van der Waals surface area contributed by atoms with E-state index in [1.54, 1.807) is 25.7 Å². The van der Waals surface area contributed by atoms with Crippen LogP contribution in [0.5, 0.6) is 0 Å². The Labute approximate surface area is 235 Å². The third-order valence-electron chi connectivity index (χ3n) is 7.39. The zero-order valence-corrected chi connectivity index (χ0v) is 23.7. The van der Waals surface area contributed by atoms with Crippen LogP contribution in [-0.4, -0.2) is 59.4 Å². The molecule has 2 aliphatic rings. The maximum absolute atomic E-state index is 13.9. The largest absolute Gasteiger partial charge is 0.469 e. The highest BCUT2D eigenvalue weighted by Crippen LogP contribution is 2.45. The fraction of sp³-hybridized carbons (Fsp3) is 0.469. The van der Waals surface area contributed by atoms with Crippen LogP contribution in [0.2, 0.25) is 0 Å². The molecule has 4 rings (SSSR count). The van der Waals surface area contributed by atoms with E-state index in [1.807, 2.05) is 54.6 Å². The standard InChI is InChI=1S/C32H39NO7/c1-32(2,3)40-31(37)33-25-17-24(29(35)38-4)18-27(33)28(30(36)39-20-22-9-6-5-7-10-22)26(19-25)23-14-12-21(13-15-23)11-8-16-34/h5-7,9-10,12-15,24-25,27,34H,8,11,16-20H2,1-4H3. The van der Waals surface area contributed by atoms with Crippen LogP contribution in [0.3, 0.4) is 0 Å². The first-order valence-corrected chi connectivity index (χ1v) is 13.8. The summed E-state index contributed by atoms with van der Waals surface area (Å²) in [7, 11) is 1.35. The number of ether oxygens (including phenoxy) is 3. The van der Waals surface area contributed by atoms with Gasteiger partial charge in [0.2, 0.25) is 0 Å². The van der Waals surface area contributed by atoms with Crippen LogP contribution >= 0.6 is 0 Å². The van der Waals surface area contributed by atoms with Gasteiger partial charge in [0, 0.05) is 12.6 Å². The third kappa shape index (κ3) is 6.91. The van der Waals surface area contributed by atoms with Gasteiger partial charge in [-0.25, -0.2) is 9.59 Å². The van der Waals surface area contributed by atoms with Crippen LogP contribution in [0.4, 0.5) is 4.79 Å². The molecule has 2 aromatic carbocycles. The van der Waals surface area contributed by atoms with Crippen molar-refractivity contribution in [3.8, 4) is 0 Å². The van der Waals surface area contributed by atoms with Gasteiger partial charge < -0.3 is 19.3 Å². The lowest BCUT2D eigenvalue weighted by Gasteiger charge is -2.49. The zero-order chi connectivity index (χ0) is 28.9.